The predicted octanol–water partition coefficient (Wildman–Crippen LogP) is 3.27. The van der Waals surface area contributed by atoms with Crippen molar-refractivity contribution >= 4 is 38.5 Å². The molecule has 0 aliphatic heterocycles. The van der Waals surface area contributed by atoms with Gasteiger partial charge in [0.25, 0.3) is 0 Å². The summed E-state index contributed by atoms with van der Waals surface area (Å²) in [5, 5.41) is 14.0. The molecule has 2 N–H and O–H groups in total. The summed E-state index contributed by atoms with van der Waals surface area (Å²) in [7, 11) is 0. The molecule has 0 bridgehead atoms. The first-order valence-electron chi connectivity index (χ1n) is 5.46. The van der Waals surface area contributed by atoms with Crippen molar-refractivity contribution < 1.29 is 9.90 Å². The molecule has 1 aromatic heterocycles. The number of hydrogen-bond acceptors (Lipinski definition) is 3. The number of fused-ring (bicyclic) bond motifs is 1. The molecule has 2 aromatic rings. The highest BCUT2D eigenvalue weighted by Gasteiger charge is 2.27. The summed E-state index contributed by atoms with van der Waals surface area (Å²) >= 11 is 3.47. The molecule has 0 fully saturated rings. The molecule has 0 radical (unpaired) electrons. The molecule has 0 amide bonds. The van der Waals surface area contributed by atoms with Gasteiger partial charge >= 0.3 is 5.97 Å². The maximum Gasteiger partial charge on any atom is 0.328 e. The van der Waals surface area contributed by atoms with E-state index in [0.717, 1.165) is 15.2 Å². The maximum absolute atomic E-state index is 11.1. The van der Waals surface area contributed by atoms with Gasteiger partial charge in [-0.2, -0.15) is 0 Å². The lowest BCUT2D eigenvalue weighted by Crippen LogP contribution is -2.40. The normalized spacial score (nSPS) is 11.5. The largest absolute Gasteiger partial charge is 0.480 e. The quantitative estimate of drug-likeness (QED) is 0.913. The molecule has 0 aliphatic rings. The molecule has 4 nitrogen and oxygen atoms in total. The molecule has 0 saturated carbocycles. The van der Waals surface area contributed by atoms with E-state index < -0.39 is 11.5 Å². The third-order valence-corrected chi connectivity index (χ3v) is 3.41. The summed E-state index contributed by atoms with van der Waals surface area (Å²) in [5.74, 6) is -0.350. The van der Waals surface area contributed by atoms with Crippen molar-refractivity contribution in [3.05, 3.63) is 34.9 Å². The molecule has 0 unspecified atom stereocenters. The molecule has 5 heteroatoms. The zero-order valence-corrected chi connectivity index (χ0v) is 11.7. The number of aliphatic carboxylic acids is 1. The average molecular weight is 309 g/mol. The highest BCUT2D eigenvalue weighted by Crippen LogP contribution is 2.29. The summed E-state index contributed by atoms with van der Waals surface area (Å²) in [6, 6.07) is 7.63. The Morgan fingerprint density at radius 1 is 1.33 bits per heavy atom. The van der Waals surface area contributed by atoms with Gasteiger partial charge in [0.2, 0.25) is 0 Å². The molecule has 0 atom stereocenters. The number of hydrogen-bond donors (Lipinski definition) is 2. The number of pyridine rings is 1. The highest BCUT2D eigenvalue weighted by molar-refractivity contribution is 9.10. The Morgan fingerprint density at radius 2 is 2.06 bits per heavy atom. The number of carboxylic acids is 1. The third kappa shape index (κ3) is 2.31. The van der Waals surface area contributed by atoms with Crippen LogP contribution in [0.4, 0.5) is 5.82 Å². The Hall–Kier alpha value is -1.62. The van der Waals surface area contributed by atoms with Crippen LogP contribution in [0.3, 0.4) is 0 Å². The van der Waals surface area contributed by atoms with E-state index in [-0.39, 0.29) is 0 Å². The number of rotatable bonds is 3. The summed E-state index contributed by atoms with van der Waals surface area (Å²) in [6.45, 7) is 3.21. The summed E-state index contributed by atoms with van der Waals surface area (Å²) in [4.78, 5) is 15.3. The SMILES string of the molecule is CC(C)(Nc1nccc2c(Br)cccc12)C(=O)O. The van der Waals surface area contributed by atoms with Gasteiger partial charge in [0.15, 0.2) is 0 Å². The van der Waals surface area contributed by atoms with E-state index in [2.05, 4.69) is 26.2 Å². The van der Waals surface area contributed by atoms with Gasteiger partial charge in [0.1, 0.15) is 11.4 Å². The van der Waals surface area contributed by atoms with Crippen LogP contribution in [0.1, 0.15) is 13.8 Å². The summed E-state index contributed by atoms with van der Waals surface area (Å²) in [6.07, 6.45) is 1.66. The van der Waals surface area contributed by atoms with Crippen LogP contribution >= 0.6 is 15.9 Å². The molecule has 0 aliphatic carbocycles. The lowest BCUT2D eigenvalue weighted by molar-refractivity contribution is -0.141. The molecule has 2 rings (SSSR count). The fourth-order valence-electron chi connectivity index (χ4n) is 1.62. The average Bonchev–Trinajstić information content (AvgIpc) is 2.30. The zero-order valence-electron chi connectivity index (χ0n) is 10.1. The van der Waals surface area contributed by atoms with Crippen molar-refractivity contribution in [3.8, 4) is 0 Å². The number of aromatic nitrogens is 1. The first kappa shape index (κ1) is 12.8. The molecular weight excluding hydrogens is 296 g/mol. The van der Waals surface area contributed by atoms with Gasteiger partial charge in [0, 0.05) is 21.4 Å². The van der Waals surface area contributed by atoms with Gasteiger partial charge in [-0.15, -0.1) is 0 Å². The van der Waals surface area contributed by atoms with Crippen LogP contribution < -0.4 is 5.32 Å². The first-order valence-corrected chi connectivity index (χ1v) is 6.26. The number of carbonyl (C=O) groups is 1. The molecule has 0 spiro atoms. The second-order valence-corrected chi connectivity index (χ2v) is 5.40. The molecule has 18 heavy (non-hydrogen) atoms. The van der Waals surface area contributed by atoms with Crippen LogP contribution in [0.25, 0.3) is 10.8 Å². The van der Waals surface area contributed by atoms with Crippen LogP contribution in [-0.2, 0) is 4.79 Å². The van der Waals surface area contributed by atoms with E-state index in [4.69, 9.17) is 5.11 Å². The van der Waals surface area contributed by atoms with Crippen molar-refractivity contribution in [2.75, 3.05) is 5.32 Å². The minimum Gasteiger partial charge on any atom is -0.480 e. The van der Waals surface area contributed by atoms with Crippen molar-refractivity contribution in [3.63, 3.8) is 0 Å². The molecule has 1 aromatic carbocycles. The third-order valence-electron chi connectivity index (χ3n) is 2.72. The highest BCUT2D eigenvalue weighted by atomic mass is 79.9. The van der Waals surface area contributed by atoms with E-state index in [9.17, 15) is 4.79 Å². The van der Waals surface area contributed by atoms with Gasteiger partial charge in [-0.25, -0.2) is 9.78 Å². The van der Waals surface area contributed by atoms with Crippen molar-refractivity contribution in [2.45, 2.75) is 19.4 Å². The van der Waals surface area contributed by atoms with E-state index in [0.29, 0.717) is 5.82 Å². The van der Waals surface area contributed by atoms with E-state index in [1.165, 1.54) is 0 Å². The lowest BCUT2D eigenvalue weighted by Gasteiger charge is -2.22. The second kappa shape index (κ2) is 4.57. The van der Waals surface area contributed by atoms with E-state index in [1.807, 2.05) is 24.3 Å². The number of nitrogens with zero attached hydrogens (tertiary/aromatic N) is 1. The number of halogens is 1. The lowest BCUT2D eigenvalue weighted by atomic mass is 10.1. The monoisotopic (exact) mass is 308 g/mol. The van der Waals surface area contributed by atoms with Crippen molar-refractivity contribution in [1.29, 1.82) is 0 Å². The number of anilines is 1. The number of carboxylic acid groups (broad SMARTS) is 1. The Morgan fingerprint density at radius 3 is 2.72 bits per heavy atom. The fourth-order valence-corrected chi connectivity index (χ4v) is 2.12. The smallest absolute Gasteiger partial charge is 0.328 e. The van der Waals surface area contributed by atoms with Crippen LogP contribution in [0, 0.1) is 0 Å². The molecule has 1 heterocycles. The molecule has 94 valence electrons. The van der Waals surface area contributed by atoms with E-state index >= 15 is 0 Å². The molecular formula is C13H13BrN2O2. The van der Waals surface area contributed by atoms with Crippen LogP contribution in [-0.4, -0.2) is 21.6 Å². The Labute approximate surface area is 113 Å². The first-order chi connectivity index (χ1) is 8.42. The topological polar surface area (TPSA) is 62.2 Å². The minimum absolute atomic E-state index is 0.571. The number of nitrogens with one attached hydrogen (secondary N) is 1. The van der Waals surface area contributed by atoms with Crippen LogP contribution in [0.5, 0.6) is 0 Å². The number of benzene rings is 1. The Bertz CT molecular complexity index is 611. The summed E-state index contributed by atoms with van der Waals surface area (Å²) in [5.41, 5.74) is -1.07. The van der Waals surface area contributed by atoms with Gasteiger partial charge < -0.3 is 10.4 Å². The van der Waals surface area contributed by atoms with Crippen molar-refractivity contribution in [1.82, 2.24) is 4.98 Å². The predicted molar refractivity (Wildman–Crippen MR) is 74.8 cm³/mol. The summed E-state index contributed by atoms with van der Waals surface area (Å²) < 4.78 is 0.957. The van der Waals surface area contributed by atoms with E-state index in [1.54, 1.807) is 20.0 Å². The maximum atomic E-state index is 11.1. The Kier molecular flexibility index (Phi) is 3.26. The van der Waals surface area contributed by atoms with Crippen LogP contribution in [0.15, 0.2) is 34.9 Å². The minimum atomic E-state index is -1.07. The standard InChI is InChI=1S/C13H13BrN2O2/c1-13(2,12(17)18)16-11-9-4-3-5-10(14)8(9)6-7-15-11/h3-7H,1-2H3,(H,15,16)(H,17,18). The Balaban J connectivity index is 2.53. The van der Waals surface area contributed by atoms with Gasteiger partial charge in [-0.3, -0.25) is 0 Å². The van der Waals surface area contributed by atoms with Crippen LogP contribution in [0.2, 0.25) is 0 Å². The zero-order chi connectivity index (χ0) is 13.3. The second-order valence-electron chi connectivity index (χ2n) is 4.55. The van der Waals surface area contributed by atoms with Gasteiger partial charge in [-0.05, 0) is 26.0 Å². The van der Waals surface area contributed by atoms with Crippen molar-refractivity contribution in [2.24, 2.45) is 0 Å². The van der Waals surface area contributed by atoms with Gasteiger partial charge in [0.05, 0.1) is 0 Å². The molecule has 0 saturated heterocycles. The van der Waals surface area contributed by atoms with Gasteiger partial charge in [-0.1, -0.05) is 28.1 Å². The fraction of sp³-hybridized carbons (Fsp3) is 0.231.